The lowest BCUT2D eigenvalue weighted by Gasteiger charge is -2.37. The number of benzene rings is 1. The minimum Gasteiger partial charge on any atom is -0.379 e. The quantitative estimate of drug-likeness (QED) is 0.312. The largest absolute Gasteiger partial charge is 0.379 e. The van der Waals surface area contributed by atoms with E-state index in [1.807, 2.05) is 7.05 Å². The summed E-state index contributed by atoms with van der Waals surface area (Å²) in [7, 11) is 1.85. The molecule has 2 aliphatic heterocycles. The number of nitrogens with zero attached hydrogens (tertiary/aromatic N) is 2. The molecule has 1 aromatic carbocycles. The average molecular weight is 545 g/mol. The summed E-state index contributed by atoms with van der Waals surface area (Å²) in [5.41, 5.74) is 2.57. The summed E-state index contributed by atoms with van der Waals surface area (Å²) in [4.78, 5) is 7.01. The van der Waals surface area contributed by atoms with Crippen molar-refractivity contribution in [3.05, 3.63) is 35.4 Å². The highest BCUT2D eigenvalue weighted by Crippen LogP contribution is 2.33. The molecular weight excluding hydrogens is 503 g/mol. The number of aryl methyl sites for hydroxylation is 1. The molecule has 0 radical (unpaired) electrons. The van der Waals surface area contributed by atoms with Gasteiger partial charge in [-0.15, -0.1) is 24.0 Å². The molecule has 7 heteroatoms. The summed E-state index contributed by atoms with van der Waals surface area (Å²) < 4.78 is 11.7. The highest BCUT2D eigenvalue weighted by molar-refractivity contribution is 14.0. The molecule has 1 aromatic rings. The molecular formula is C24H41IN4O2. The van der Waals surface area contributed by atoms with Gasteiger partial charge in [-0.2, -0.15) is 0 Å². The zero-order chi connectivity index (χ0) is 21.3. The SMILES string of the molecule is CN=C(NCC1CCCOC1c1ccc(C)cc1)NCC(C(C)C)N1CCOCC1.I. The lowest BCUT2D eigenvalue weighted by atomic mass is 9.89. The predicted octanol–water partition coefficient (Wildman–Crippen LogP) is 3.60. The van der Waals surface area contributed by atoms with E-state index in [0.717, 1.165) is 58.4 Å². The second-order valence-electron chi connectivity index (χ2n) is 8.90. The fraction of sp³-hybridized carbons (Fsp3) is 0.708. The molecule has 0 aromatic heterocycles. The van der Waals surface area contributed by atoms with E-state index in [-0.39, 0.29) is 30.1 Å². The van der Waals surface area contributed by atoms with Crippen molar-refractivity contribution in [1.82, 2.24) is 15.5 Å². The van der Waals surface area contributed by atoms with Crippen LogP contribution in [-0.4, -0.2) is 69.9 Å². The van der Waals surface area contributed by atoms with Crippen molar-refractivity contribution in [3.8, 4) is 0 Å². The third-order valence-corrected chi connectivity index (χ3v) is 6.37. The van der Waals surface area contributed by atoms with E-state index >= 15 is 0 Å². The summed E-state index contributed by atoms with van der Waals surface area (Å²) in [6, 6.07) is 9.25. The molecule has 3 atom stereocenters. The van der Waals surface area contributed by atoms with Crippen LogP contribution in [0, 0.1) is 18.8 Å². The normalized spacial score (nSPS) is 23.8. The van der Waals surface area contributed by atoms with Crippen LogP contribution in [0.15, 0.2) is 29.3 Å². The zero-order valence-electron chi connectivity index (χ0n) is 19.6. The van der Waals surface area contributed by atoms with E-state index in [2.05, 4.69) is 65.6 Å². The molecule has 2 aliphatic rings. The summed E-state index contributed by atoms with van der Waals surface area (Å²) >= 11 is 0. The van der Waals surface area contributed by atoms with E-state index in [1.165, 1.54) is 17.5 Å². The molecule has 0 spiro atoms. The molecule has 6 nitrogen and oxygen atoms in total. The number of ether oxygens (including phenoxy) is 2. The topological polar surface area (TPSA) is 58.1 Å². The van der Waals surface area contributed by atoms with Gasteiger partial charge in [0.05, 0.1) is 19.3 Å². The molecule has 0 bridgehead atoms. The molecule has 3 rings (SSSR count). The van der Waals surface area contributed by atoms with Crippen LogP contribution in [0.5, 0.6) is 0 Å². The second-order valence-corrected chi connectivity index (χ2v) is 8.90. The smallest absolute Gasteiger partial charge is 0.191 e. The average Bonchev–Trinajstić information content (AvgIpc) is 2.77. The Hall–Kier alpha value is -0.900. The first-order valence-electron chi connectivity index (χ1n) is 11.5. The van der Waals surface area contributed by atoms with Gasteiger partial charge in [0.25, 0.3) is 0 Å². The number of rotatable bonds is 7. The Kier molecular flexibility index (Phi) is 11.6. The number of aliphatic imine (C=N–C) groups is 1. The van der Waals surface area contributed by atoms with E-state index in [4.69, 9.17) is 9.47 Å². The van der Waals surface area contributed by atoms with Crippen LogP contribution >= 0.6 is 24.0 Å². The molecule has 2 fully saturated rings. The van der Waals surface area contributed by atoms with Gasteiger partial charge in [0.2, 0.25) is 0 Å². The Bertz CT molecular complexity index is 662. The maximum absolute atomic E-state index is 6.17. The van der Waals surface area contributed by atoms with Gasteiger partial charge in [-0.1, -0.05) is 43.7 Å². The van der Waals surface area contributed by atoms with Crippen LogP contribution in [-0.2, 0) is 9.47 Å². The van der Waals surface area contributed by atoms with Gasteiger partial charge in [0, 0.05) is 51.8 Å². The molecule has 2 saturated heterocycles. The van der Waals surface area contributed by atoms with Crippen LogP contribution in [0.25, 0.3) is 0 Å². The lowest BCUT2D eigenvalue weighted by Crippen LogP contribution is -2.53. The van der Waals surface area contributed by atoms with Crippen molar-refractivity contribution in [3.63, 3.8) is 0 Å². The zero-order valence-corrected chi connectivity index (χ0v) is 21.9. The Labute approximate surface area is 205 Å². The van der Waals surface area contributed by atoms with E-state index in [1.54, 1.807) is 0 Å². The first kappa shape index (κ1) is 26.4. The van der Waals surface area contributed by atoms with Crippen LogP contribution in [0.4, 0.5) is 0 Å². The fourth-order valence-corrected chi connectivity index (χ4v) is 4.52. The minimum atomic E-state index is 0. The van der Waals surface area contributed by atoms with E-state index in [9.17, 15) is 0 Å². The maximum Gasteiger partial charge on any atom is 0.191 e. The van der Waals surface area contributed by atoms with Gasteiger partial charge in [-0.25, -0.2) is 0 Å². The third-order valence-electron chi connectivity index (χ3n) is 6.37. The molecule has 3 unspecified atom stereocenters. The molecule has 0 saturated carbocycles. The van der Waals surface area contributed by atoms with E-state index in [0.29, 0.717) is 17.9 Å². The number of hydrogen-bond donors (Lipinski definition) is 2. The number of hydrogen-bond acceptors (Lipinski definition) is 4. The van der Waals surface area contributed by atoms with Crippen molar-refractivity contribution >= 4 is 29.9 Å². The van der Waals surface area contributed by atoms with Crippen molar-refractivity contribution in [2.75, 3.05) is 53.0 Å². The van der Waals surface area contributed by atoms with Crippen LogP contribution in [0.1, 0.15) is 43.9 Å². The second kappa shape index (κ2) is 13.6. The fourth-order valence-electron chi connectivity index (χ4n) is 4.52. The molecule has 0 amide bonds. The van der Waals surface area contributed by atoms with Crippen LogP contribution in [0.3, 0.4) is 0 Å². The lowest BCUT2D eigenvalue weighted by molar-refractivity contribution is -0.0265. The van der Waals surface area contributed by atoms with Crippen molar-refractivity contribution in [2.45, 2.75) is 45.8 Å². The van der Waals surface area contributed by atoms with Gasteiger partial charge in [-0.3, -0.25) is 9.89 Å². The minimum absolute atomic E-state index is 0. The van der Waals surface area contributed by atoms with Gasteiger partial charge in [0.15, 0.2) is 5.96 Å². The highest BCUT2D eigenvalue weighted by atomic mass is 127. The number of morpholine rings is 1. The van der Waals surface area contributed by atoms with E-state index < -0.39 is 0 Å². The standard InChI is InChI=1S/C24H40N4O2.HI/c1-18(2)22(28-11-14-29-15-12-28)17-27-24(25-4)26-16-21-6-5-13-30-23(21)20-9-7-19(3)8-10-20;/h7-10,18,21-23H,5-6,11-17H2,1-4H3,(H2,25,26,27);1H. The monoisotopic (exact) mass is 544 g/mol. The Morgan fingerprint density at radius 1 is 1.13 bits per heavy atom. The van der Waals surface area contributed by atoms with Crippen LogP contribution in [0.2, 0.25) is 0 Å². The van der Waals surface area contributed by atoms with Crippen molar-refractivity contribution < 1.29 is 9.47 Å². The van der Waals surface area contributed by atoms with Gasteiger partial charge in [-0.05, 0) is 31.2 Å². The molecule has 2 N–H and O–H groups in total. The van der Waals surface area contributed by atoms with Gasteiger partial charge in [0.1, 0.15) is 0 Å². The summed E-state index contributed by atoms with van der Waals surface area (Å²) in [5, 5.41) is 7.13. The molecule has 31 heavy (non-hydrogen) atoms. The highest BCUT2D eigenvalue weighted by Gasteiger charge is 2.28. The first-order chi connectivity index (χ1) is 14.6. The molecule has 0 aliphatic carbocycles. The number of nitrogens with one attached hydrogen (secondary N) is 2. The molecule has 176 valence electrons. The third kappa shape index (κ3) is 7.87. The molecule has 2 heterocycles. The van der Waals surface area contributed by atoms with Gasteiger partial charge < -0.3 is 20.1 Å². The first-order valence-corrected chi connectivity index (χ1v) is 11.5. The summed E-state index contributed by atoms with van der Waals surface area (Å²) in [6.45, 7) is 13.0. The number of guanidine groups is 1. The van der Waals surface area contributed by atoms with Crippen molar-refractivity contribution in [1.29, 1.82) is 0 Å². The Balaban J connectivity index is 0.00000341. The Morgan fingerprint density at radius 3 is 2.48 bits per heavy atom. The Morgan fingerprint density at radius 2 is 1.84 bits per heavy atom. The van der Waals surface area contributed by atoms with Gasteiger partial charge >= 0.3 is 0 Å². The maximum atomic E-state index is 6.17. The number of halogens is 1. The summed E-state index contributed by atoms with van der Waals surface area (Å²) in [6.07, 6.45) is 2.44. The predicted molar refractivity (Wildman–Crippen MR) is 138 cm³/mol. The van der Waals surface area contributed by atoms with Crippen molar-refractivity contribution in [2.24, 2.45) is 16.8 Å². The summed E-state index contributed by atoms with van der Waals surface area (Å²) in [5.74, 6) is 1.90. The van der Waals surface area contributed by atoms with Crippen LogP contribution < -0.4 is 10.6 Å².